The Bertz CT molecular complexity index is 644. The minimum atomic E-state index is 0.479. The number of hydrogen-bond acceptors (Lipinski definition) is 6. The molecular formula is C12H16N6S2. The first-order chi connectivity index (χ1) is 9.52. The lowest BCUT2D eigenvalue weighted by atomic mass is 10.4. The van der Waals surface area contributed by atoms with E-state index in [4.69, 9.17) is 24.4 Å². The molecule has 0 radical (unpaired) electrons. The highest BCUT2D eigenvalue weighted by atomic mass is 32.1. The van der Waals surface area contributed by atoms with Gasteiger partial charge in [-0.25, -0.2) is 9.97 Å². The molecule has 0 aliphatic heterocycles. The normalized spacial score (nSPS) is 10.3. The number of nitrogens with zero attached hydrogens (tertiary/aromatic N) is 2. The van der Waals surface area contributed by atoms with E-state index in [0.29, 0.717) is 22.6 Å². The van der Waals surface area contributed by atoms with Gasteiger partial charge in [0.25, 0.3) is 0 Å². The fourth-order valence-electron chi connectivity index (χ4n) is 1.72. The van der Waals surface area contributed by atoms with Crippen LogP contribution in [-0.4, -0.2) is 33.0 Å². The van der Waals surface area contributed by atoms with Crippen LogP contribution in [0, 0.1) is 23.4 Å². The third kappa shape index (κ3) is 4.39. The first-order valence-corrected chi connectivity index (χ1v) is 6.98. The summed E-state index contributed by atoms with van der Waals surface area (Å²) in [6.07, 6.45) is 0. The first-order valence-electron chi connectivity index (χ1n) is 6.16. The average molecular weight is 308 g/mol. The van der Waals surface area contributed by atoms with Crippen LogP contribution < -0.4 is 10.6 Å². The fourth-order valence-corrected chi connectivity index (χ4v) is 2.24. The number of aromatic amines is 2. The molecule has 106 valence electrons. The van der Waals surface area contributed by atoms with Gasteiger partial charge in [0.2, 0.25) is 0 Å². The molecule has 20 heavy (non-hydrogen) atoms. The minimum absolute atomic E-state index is 0.479. The van der Waals surface area contributed by atoms with Crippen LogP contribution in [0.4, 0.5) is 11.6 Å². The zero-order valence-electron chi connectivity index (χ0n) is 11.3. The third-order valence-corrected chi connectivity index (χ3v) is 2.88. The highest BCUT2D eigenvalue weighted by Gasteiger charge is 1.97. The molecule has 2 aromatic rings. The van der Waals surface area contributed by atoms with Crippen molar-refractivity contribution in [3.8, 4) is 0 Å². The Morgan fingerprint density at radius 2 is 1.30 bits per heavy atom. The van der Waals surface area contributed by atoms with Gasteiger partial charge in [0, 0.05) is 24.5 Å². The van der Waals surface area contributed by atoms with Gasteiger partial charge in [0.15, 0.2) is 9.54 Å². The van der Waals surface area contributed by atoms with Gasteiger partial charge in [0.05, 0.1) is 0 Å². The van der Waals surface area contributed by atoms with E-state index in [0.717, 1.165) is 23.0 Å². The Labute approximate surface area is 127 Å². The Balaban J connectivity index is 1.87. The highest BCUT2D eigenvalue weighted by Crippen LogP contribution is 2.05. The van der Waals surface area contributed by atoms with Crippen molar-refractivity contribution in [2.24, 2.45) is 0 Å². The predicted octanol–water partition coefficient (Wildman–Crippen LogP) is 2.73. The molecule has 0 aliphatic rings. The summed E-state index contributed by atoms with van der Waals surface area (Å²) < 4.78 is 0.958. The molecule has 0 unspecified atom stereocenters. The monoisotopic (exact) mass is 308 g/mol. The predicted molar refractivity (Wildman–Crippen MR) is 85.3 cm³/mol. The molecule has 0 fully saturated rings. The number of hydrogen-bond donors (Lipinski definition) is 4. The van der Waals surface area contributed by atoms with E-state index >= 15 is 0 Å². The Morgan fingerprint density at radius 3 is 1.65 bits per heavy atom. The van der Waals surface area contributed by atoms with E-state index in [1.54, 1.807) is 0 Å². The summed E-state index contributed by atoms with van der Waals surface area (Å²) in [7, 11) is 0. The Hall–Kier alpha value is -1.80. The molecule has 0 atom stereocenters. The van der Waals surface area contributed by atoms with Crippen LogP contribution in [0.5, 0.6) is 0 Å². The summed E-state index contributed by atoms with van der Waals surface area (Å²) in [5, 5.41) is 6.41. The van der Waals surface area contributed by atoms with Crippen molar-refractivity contribution in [1.29, 1.82) is 0 Å². The minimum Gasteiger partial charge on any atom is -0.368 e. The number of rotatable bonds is 5. The van der Waals surface area contributed by atoms with Crippen LogP contribution in [0.15, 0.2) is 12.1 Å². The van der Waals surface area contributed by atoms with Gasteiger partial charge in [-0.1, -0.05) is 0 Å². The van der Waals surface area contributed by atoms with E-state index in [2.05, 4.69) is 30.6 Å². The van der Waals surface area contributed by atoms with E-state index in [9.17, 15) is 0 Å². The maximum Gasteiger partial charge on any atom is 0.198 e. The van der Waals surface area contributed by atoms with Gasteiger partial charge in [-0.05, 0) is 50.4 Å². The second-order valence-corrected chi connectivity index (χ2v) is 5.14. The zero-order valence-corrected chi connectivity index (χ0v) is 12.9. The highest BCUT2D eigenvalue weighted by molar-refractivity contribution is 7.71. The smallest absolute Gasteiger partial charge is 0.198 e. The molecule has 2 aromatic heterocycles. The van der Waals surface area contributed by atoms with Crippen LogP contribution in [0.3, 0.4) is 0 Å². The van der Waals surface area contributed by atoms with E-state index in [-0.39, 0.29) is 0 Å². The number of nitrogens with one attached hydrogen (secondary N) is 4. The second kappa shape index (κ2) is 6.58. The summed E-state index contributed by atoms with van der Waals surface area (Å²) in [6, 6.07) is 3.83. The van der Waals surface area contributed by atoms with Crippen molar-refractivity contribution >= 4 is 36.1 Å². The van der Waals surface area contributed by atoms with E-state index in [1.165, 1.54) is 0 Å². The quantitative estimate of drug-likeness (QED) is 0.502. The summed E-state index contributed by atoms with van der Waals surface area (Å²) in [4.78, 5) is 14.3. The lowest BCUT2D eigenvalue weighted by molar-refractivity contribution is 0.999. The molecule has 0 aromatic carbocycles. The molecular weight excluding hydrogens is 292 g/mol. The van der Waals surface area contributed by atoms with E-state index < -0.39 is 0 Å². The molecule has 6 nitrogen and oxygen atoms in total. The van der Waals surface area contributed by atoms with Gasteiger partial charge in [0.1, 0.15) is 11.6 Å². The summed E-state index contributed by atoms with van der Waals surface area (Å²) in [5.41, 5.74) is 1.96. The van der Waals surface area contributed by atoms with Crippen molar-refractivity contribution in [1.82, 2.24) is 19.9 Å². The standard InChI is InChI=1S/C12H16N6S2/c1-7-5-9(17-11(19)15-7)13-3-4-14-10-6-8(2)16-12(20)18-10/h5-6H,3-4H2,1-2H3,(H2,13,15,17,19)(H2,14,16,18,20). The number of H-pyrrole nitrogens is 2. The molecule has 0 aliphatic carbocycles. The van der Waals surface area contributed by atoms with Crippen LogP contribution in [0.25, 0.3) is 0 Å². The van der Waals surface area contributed by atoms with Gasteiger partial charge in [-0.3, -0.25) is 0 Å². The van der Waals surface area contributed by atoms with Gasteiger partial charge >= 0.3 is 0 Å². The maximum absolute atomic E-state index is 5.02. The van der Waals surface area contributed by atoms with Crippen LogP contribution in [0.1, 0.15) is 11.4 Å². The summed E-state index contributed by atoms with van der Waals surface area (Å²) in [5.74, 6) is 1.53. The number of anilines is 2. The van der Waals surface area contributed by atoms with Gasteiger partial charge < -0.3 is 20.6 Å². The summed E-state index contributed by atoms with van der Waals surface area (Å²) >= 11 is 10.0. The van der Waals surface area contributed by atoms with Crippen LogP contribution >= 0.6 is 24.4 Å². The largest absolute Gasteiger partial charge is 0.368 e. The summed E-state index contributed by atoms with van der Waals surface area (Å²) in [6.45, 7) is 5.30. The van der Waals surface area contributed by atoms with Crippen molar-refractivity contribution < 1.29 is 0 Å². The van der Waals surface area contributed by atoms with Crippen molar-refractivity contribution in [3.05, 3.63) is 33.1 Å². The van der Waals surface area contributed by atoms with Crippen LogP contribution in [0.2, 0.25) is 0 Å². The molecule has 0 saturated carbocycles. The molecule has 0 spiro atoms. The molecule has 0 saturated heterocycles. The Morgan fingerprint density at radius 1 is 0.900 bits per heavy atom. The molecule has 0 amide bonds. The van der Waals surface area contributed by atoms with E-state index in [1.807, 2.05) is 26.0 Å². The lowest BCUT2D eigenvalue weighted by Crippen LogP contribution is -2.15. The molecule has 2 rings (SSSR count). The molecule has 0 bridgehead atoms. The molecule has 8 heteroatoms. The van der Waals surface area contributed by atoms with Crippen molar-refractivity contribution in [3.63, 3.8) is 0 Å². The second-order valence-electron chi connectivity index (χ2n) is 4.36. The fraction of sp³-hybridized carbons (Fsp3) is 0.333. The van der Waals surface area contributed by atoms with Crippen molar-refractivity contribution in [2.75, 3.05) is 23.7 Å². The maximum atomic E-state index is 5.02. The number of aryl methyl sites for hydroxylation is 2. The number of aromatic nitrogens is 4. The zero-order chi connectivity index (χ0) is 14.5. The Kier molecular flexibility index (Phi) is 4.80. The SMILES string of the molecule is Cc1cc(NCCNc2cc(C)[nH]c(=S)n2)nc(=S)[nH]1. The topological polar surface area (TPSA) is 81.4 Å². The van der Waals surface area contributed by atoms with Gasteiger partial charge in [-0.2, -0.15) is 0 Å². The first kappa shape index (κ1) is 14.6. The van der Waals surface area contributed by atoms with Crippen LogP contribution in [-0.2, 0) is 0 Å². The average Bonchev–Trinajstić information content (AvgIpc) is 2.32. The molecule has 2 heterocycles. The van der Waals surface area contributed by atoms with Gasteiger partial charge in [-0.15, -0.1) is 0 Å². The van der Waals surface area contributed by atoms with Crippen molar-refractivity contribution in [2.45, 2.75) is 13.8 Å². The lowest BCUT2D eigenvalue weighted by Gasteiger charge is -2.08. The third-order valence-electron chi connectivity index (χ3n) is 2.50. The molecule has 4 N–H and O–H groups in total.